The summed E-state index contributed by atoms with van der Waals surface area (Å²) in [5.74, 6) is -2.24. The van der Waals surface area contributed by atoms with Crippen LogP contribution in [0.15, 0.2) is 35.6 Å². The van der Waals surface area contributed by atoms with Crippen molar-refractivity contribution in [2.24, 2.45) is 10.7 Å². The van der Waals surface area contributed by atoms with E-state index in [1.165, 1.54) is 38.6 Å². The number of amides is 1. The largest absolute Gasteiger partial charge is 0.480 e. The lowest BCUT2D eigenvalue weighted by molar-refractivity contribution is 0.102. The molecule has 2 aromatic rings. The lowest BCUT2D eigenvalue weighted by Gasteiger charge is -2.38. The minimum Gasteiger partial charge on any atom is -0.480 e. The molecular formula is C19H21F2N5O4S. The predicted molar refractivity (Wildman–Crippen MR) is 110 cm³/mol. The summed E-state index contributed by atoms with van der Waals surface area (Å²) in [5.41, 5.74) is 4.23. The van der Waals surface area contributed by atoms with Gasteiger partial charge in [-0.15, -0.1) is 0 Å². The third kappa shape index (κ3) is 3.94. The first kappa shape index (κ1) is 22.5. The average molecular weight is 453 g/mol. The highest BCUT2D eigenvalue weighted by molar-refractivity contribution is 7.93. The maximum Gasteiger partial charge on any atom is 0.275 e. The Bertz CT molecular complexity index is 1160. The zero-order valence-electron chi connectivity index (χ0n) is 17.0. The molecule has 9 nitrogen and oxygen atoms in total. The summed E-state index contributed by atoms with van der Waals surface area (Å²) in [6, 6.07) is 3.62. The number of methoxy groups -OCH3 is 1. The Kier molecular flexibility index (Phi) is 5.70. The third-order valence-electron chi connectivity index (χ3n) is 5.20. The SMILES string of the molecule is COc1cnc(C(=O)Nc2ccc(F)c([C@]3(C)CS(=O)(=O)[C@@](C)(CF)C(N)=N3)c2)cn1. The van der Waals surface area contributed by atoms with Gasteiger partial charge in [0.15, 0.2) is 14.6 Å². The summed E-state index contributed by atoms with van der Waals surface area (Å²) in [7, 11) is -2.69. The van der Waals surface area contributed by atoms with Crippen molar-refractivity contribution in [3.8, 4) is 5.88 Å². The molecule has 31 heavy (non-hydrogen) atoms. The second kappa shape index (κ2) is 7.84. The van der Waals surface area contributed by atoms with Gasteiger partial charge in [-0.2, -0.15) is 0 Å². The molecule has 3 N–H and O–H groups in total. The number of benzene rings is 1. The minimum absolute atomic E-state index is 0.0147. The van der Waals surface area contributed by atoms with E-state index >= 15 is 0 Å². The number of halogens is 2. The van der Waals surface area contributed by atoms with Crippen molar-refractivity contribution in [1.82, 2.24) is 9.97 Å². The van der Waals surface area contributed by atoms with Gasteiger partial charge in [0.2, 0.25) is 5.88 Å². The van der Waals surface area contributed by atoms with E-state index in [-0.39, 0.29) is 22.8 Å². The molecule has 1 aliphatic heterocycles. The van der Waals surface area contributed by atoms with Crippen LogP contribution in [-0.2, 0) is 15.4 Å². The number of anilines is 1. The van der Waals surface area contributed by atoms with E-state index in [9.17, 15) is 22.0 Å². The van der Waals surface area contributed by atoms with E-state index in [0.717, 1.165) is 13.0 Å². The summed E-state index contributed by atoms with van der Waals surface area (Å²) >= 11 is 0. The van der Waals surface area contributed by atoms with Crippen LogP contribution >= 0.6 is 0 Å². The molecule has 0 aliphatic carbocycles. The highest BCUT2D eigenvalue weighted by atomic mass is 32.2. The van der Waals surface area contributed by atoms with Gasteiger partial charge in [0, 0.05) is 11.3 Å². The lowest BCUT2D eigenvalue weighted by atomic mass is 9.92. The Labute approximate surface area is 177 Å². The second-order valence-corrected chi connectivity index (χ2v) is 9.91. The number of aromatic nitrogens is 2. The van der Waals surface area contributed by atoms with Crippen molar-refractivity contribution in [3.63, 3.8) is 0 Å². The van der Waals surface area contributed by atoms with Crippen molar-refractivity contribution >= 4 is 27.3 Å². The van der Waals surface area contributed by atoms with E-state index in [1.807, 2.05) is 0 Å². The van der Waals surface area contributed by atoms with Gasteiger partial charge in [-0.05, 0) is 32.0 Å². The molecule has 1 aromatic heterocycles. The fourth-order valence-electron chi connectivity index (χ4n) is 3.14. The molecule has 1 aliphatic rings. The topological polar surface area (TPSA) is 137 Å². The van der Waals surface area contributed by atoms with Crippen molar-refractivity contribution in [3.05, 3.63) is 47.7 Å². The Morgan fingerprint density at radius 3 is 2.55 bits per heavy atom. The van der Waals surface area contributed by atoms with E-state index in [1.54, 1.807) is 0 Å². The number of hydrogen-bond donors (Lipinski definition) is 2. The predicted octanol–water partition coefficient (Wildman–Crippen LogP) is 1.61. The van der Waals surface area contributed by atoms with Gasteiger partial charge in [0.05, 0.1) is 25.3 Å². The van der Waals surface area contributed by atoms with Gasteiger partial charge in [0.1, 0.15) is 29.6 Å². The first-order valence-electron chi connectivity index (χ1n) is 9.07. The van der Waals surface area contributed by atoms with Gasteiger partial charge in [-0.25, -0.2) is 27.2 Å². The summed E-state index contributed by atoms with van der Waals surface area (Å²) < 4.78 is 56.5. The highest BCUT2D eigenvalue weighted by Gasteiger charge is 2.52. The molecule has 0 radical (unpaired) electrons. The van der Waals surface area contributed by atoms with Gasteiger partial charge in [-0.3, -0.25) is 9.79 Å². The molecule has 0 saturated heterocycles. The monoisotopic (exact) mass is 453 g/mol. The van der Waals surface area contributed by atoms with E-state index < -0.39 is 50.1 Å². The standard InChI is InChI=1S/C19H21F2N5O4S/c1-18(10-31(28,29)19(2,9-20)17(22)26-18)12-6-11(4-5-13(12)21)25-16(27)14-7-24-15(30-3)8-23-14/h4-8H,9-10H2,1-3H3,(H2,22,26)(H,25,27)/t18-,19-/m0/s1. The molecule has 0 unspecified atom stereocenters. The number of rotatable bonds is 5. The van der Waals surface area contributed by atoms with Gasteiger partial charge >= 0.3 is 0 Å². The molecule has 1 amide bonds. The zero-order valence-corrected chi connectivity index (χ0v) is 17.8. The fraction of sp³-hybridized carbons (Fsp3) is 0.368. The van der Waals surface area contributed by atoms with Crippen LogP contribution in [0.4, 0.5) is 14.5 Å². The molecule has 12 heteroatoms. The molecule has 3 rings (SSSR count). The number of carbonyl (C=O) groups is 1. The molecule has 0 bridgehead atoms. The fourth-order valence-corrected chi connectivity index (χ4v) is 4.95. The van der Waals surface area contributed by atoms with Crippen LogP contribution in [0.5, 0.6) is 5.88 Å². The van der Waals surface area contributed by atoms with Crippen LogP contribution in [0.1, 0.15) is 29.9 Å². The first-order chi connectivity index (χ1) is 14.5. The number of ether oxygens (including phenoxy) is 1. The quantitative estimate of drug-likeness (QED) is 0.702. The van der Waals surface area contributed by atoms with Crippen molar-refractivity contribution in [2.45, 2.75) is 24.1 Å². The number of sulfone groups is 1. The molecule has 0 saturated carbocycles. The highest BCUT2D eigenvalue weighted by Crippen LogP contribution is 2.39. The Hall–Kier alpha value is -3.15. The number of aliphatic imine (C=N–C) groups is 1. The maximum atomic E-state index is 14.7. The van der Waals surface area contributed by atoms with Gasteiger partial charge in [-0.1, -0.05) is 0 Å². The molecule has 2 heterocycles. The third-order valence-corrected chi connectivity index (χ3v) is 7.83. The van der Waals surface area contributed by atoms with E-state index in [2.05, 4.69) is 20.3 Å². The molecule has 0 spiro atoms. The molecule has 0 fully saturated rings. The van der Waals surface area contributed by atoms with Crippen molar-refractivity contribution < 1.29 is 26.7 Å². The molecule has 166 valence electrons. The van der Waals surface area contributed by atoms with E-state index in [4.69, 9.17) is 10.5 Å². The molecule has 2 atom stereocenters. The Balaban J connectivity index is 1.96. The van der Waals surface area contributed by atoms with Crippen molar-refractivity contribution in [1.29, 1.82) is 0 Å². The summed E-state index contributed by atoms with van der Waals surface area (Å²) in [6.07, 6.45) is 2.47. The van der Waals surface area contributed by atoms with E-state index in [0.29, 0.717) is 0 Å². The first-order valence-corrected chi connectivity index (χ1v) is 10.7. The number of carbonyl (C=O) groups excluding carboxylic acids is 1. The normalized spacial score (nSPS) is 24.9. The minimum atomic E-state index is -4.10. The summed E-state index contributed by atoms with van der Waals surface area (Å²) in [5, 5.41) is 2.54. The lowest BCUT2D eigenvalue weighted by Crippen LogP contribution is -2.58. The molecular weight excluding hydrogens is 432 g/mol. The second-order valence-electron chi connectivity index (χ2n) is 7.49. The van der Waals surface area contributed by atoms with Crippen molar-refractivity contribution in [2.75, 3.05) is 24.9 Å². The Morgan fingerprint density at radius 1 is 1.29 bits per heavy atom. The number of nitrogens with one attached hydrogen (secondary N) is 1. The van der Waals surface area contributed by atoms with Crippen LogP contribution in [0.2, 0.25) is 0 Å². The van der Waals surface area contributed by atoms with Gasteiger partial charge in [0.25, 0.3) is 5.91 Å². The zero-order chi connectivity index (χ0) is 23.0. The number of nitrogens with zero attached hydrogens (tertiary/aromatic N) is 3. The number of hydrogen-bond acceptors (Lipinski definition) is 8. The maximum absolute atomic E-state index is 14.7. The van der Waals surface area contributed by atoms with Crippen LogP contribution < -0.4 is 15.8 Å². The van der Waals surface area contributed by atoms with Gasteiger partial charge < -0.3 is 15.8 Å². The smallest absolute Gasteiger partial charge is 0.275 e. The Morgan fingerprint density at radius 2 is 2.00 bits per heavy atom. The summed E-state index contributed by atoms with van der Waals surface area (Å²) in [4.78, 5) is 24.4. The van der Waals surface area contributed by atoms with Crippen LogP contribution in [0, 0.1) is 5.82 Å². The van der Waals surface area contributed by atoms with Crippen LogP contribution in [0.25, 0.3) is 0 Å². The number of nitrogens with two attached hydrogens (primary N) is 1. The molecule has 1 aromatic carbocycles. The van der Waals surface area contributed by atoms with Crippen LogP contribution in [0.3, 0.4) is 0 Å². The average Bonchev–Trinajstić information content (AvgIpc) is 2.72. The number of alkyl halides is 1. The van der Waals surface area contributed by atoms with Crippen LogP contribution in [-0.4, -0.2) is 54.4 Å². The summed E-state index contributed by atoms with van der Waals surface area (Å²) in [6.45, 7) is 1.28. The number of amidine groups is 1.